The number of hydrogen-bond acceptors (Lipinski definition) is 1. The zero-order valence-electron chi connectivity index (χ0n) is 19.2. The molecular weight excluding hydrogens is 498 g/mol. The van der Waals surface area contributed by atoms with Gasteiger partial charge in [-0.2, -0.15) is 13.2 Å². The predicted molar refractivity (Wildman–Crippen MR) is 132 cm³/mol. The average Bonchev–Trinajstić information content (AvgIpc) is 3.17. The van der Waals surface area contributed by atoms with Crippen molar-refractivity contribution in [2.45, 2.75) is 63.6 Å². The van der Waals surface area contributed by atoms with E-state index in [2.05, 4.69) is 4.57 Å². The molecule has 0 bridgehead atoms. The number of carboxylic acids is 1. The van der Waals surface area contributed by atoms with E-state index < -0.39 is 17.7 Å². The van der Waals surface area contributed by atoms with Gasteiger partial charge in [0.1, 0.15) is 0 Å². The Labute approximate surface area is 212 Å². The molecule has 1 aromatic heterocycles. The molecule has 2 aromatic carbocycles. The van der Waals surface area contributed by atoms with Gasteiger partial charge in [-0.3, -0.25) is 4.79 Å². The molecular formula is C27H26Cl2F3NO2. The second-order valence-electron chi connectivity index (χ2n) is 9.05. The van der Waals surface area contributed by atoms with Gasteiger partial charge in [0.05, 0.1) is 18.0 Å². The van der Waals surface area contributed by atoms with Crippen molar-refractivity contribution in [3.05, 3.63) is 81.1 Å². The summed E-state index contributed by atoms with van der Waals surface area (Å²) in [7, 11) is 0. The maximum Gasteiger partial charge on any atom is 0.416 e. The fourth-order valence-electron chi connectivity index (χ4n) is 5.20. The number of carboxylic acid groups (broad SMARTS) is 1. The minimum absolute atomic E-state index is 0.00331. The first-order valence-corrected chi connectivity index (χ1v) is 12.4. The number of fused-ring (bicyclic) bond motifs is 1. The third-order valence-corrected chi connectivity index (χ3v) is 7.26. The molecule has 0 unspecified atom stereocenters. The van der Waals surface area contributed by atoms with E-state index in [-0.39, 0.29) is 18.4 Å². The molecule has 0 saturated carbocycles. The Morgan fingerprint density at radius 2 is 1.86 bits per heavy atom. The number of aromatic nitrogens is 1. The number of rotatable bonds is 7. The summed E-state index contributed by atoms with van der Waals surface area (Å²) in [6.45, 7) is 2.03. The van der Waals surface area contributed by atoms with E-state index in [1.54, 1.807) is 12.1 Å². The van der Waals surface area contributed by atoms with Gasteiger partial charge in [0.25, 0.3) is 0 Å². The van der Waals surface area contributed by atoms with Crippen LogP contribution in [0.2, 0.25) is 10.0 Å². The highest BCUT2D eigenvalue weighted by Crippen LogP contribution is 2.45. The highest BCUT2D eigenvalue weighted by Gasteiger charge is 2.33. The van der Waals surface area contributed by atoms with Gasteiger partial charge in [-0.1, -0.05) is 54.7 Å². The van der Waals surface area contributed by atoms with E-state index in [0.717, 1.165) is 65.8 Å². The fourth-order valence-corrected chi connectivity index (χ4v) is 5.71. The van der Waals surface area contributed by atoms with Crippen molar-refractivity contribution in [1.82, 2.24) is 4.57 Å². The van der Waals surface area contributed by atoms with Crippen molar-refractivity contribution in [2.75, 3.05) is 0 Å². The van der Waals surface area contributed by atoms with Crippen LogP contribution < -0.4 is 0 Å². The maximum atomic E-state index is 13.2. The number of alkyl halides is 3. The number of nitrogens with zero attached hydrogens (tertiary/aromatic N) is 1. The Bertz CT molecular complexity index is 1220. The van der Waals surface area contributed by atoms with E-state index in [1.165, 1.54) is 12.1 Å². The minimum Gasteiger partial charge on any atom is -0.481 e. The smallest absolute Gasteiger partial charge is 0.416 e. The lowest BCUT2D eigenvalue weighted by Gasteiger charge is -2.29. The Hall–Kier alpha value is -2.44. The lowest BCUT2D eigenvalue weighted by atomic mass is 9.83. The van der Waals surface area contributed by atoms with Crippen molar-refractivity contribution >= 4 is 29.2 Å². The van der Waals surface area contributed by atoms with Crippen molar-refractivity contribution in [3.8, 4) is 11.1 Å². The topological polar surface area (TPSA) is 42.2 Å². The van der Waals surface area contributed by atoms with Gasteiger partial charge in [-0.25, -0.2) is 0 Å². The fraction of sp³-hybridized carbons (Fsp3) is 0.370. The predicted octanol–water partition coefficient (Wildman–Crippen LogP) is 8.76. The Balaban J connectivity index is 1.90. The molecule has 186 valence electrons. The van der Waals surface area contributed by atoms with Gasteiger partial charge in [-0.15, -0.1) is 0 Å². The van der Waals surface area contributed by atoms with E-state index in [0.29, 0.717) is 16.5 Å². The normalized spacial score (nSPS) is 16.7. The van der Waals surface area contributed by atoms with Gasteiger partial charge in [0.2, 0.25) is 0 Å². The van der Waals surface area contributed by atoms with Crippen LogP contribution in [0, 0.1) is 0 Å². The molecule has 1 aliphatic carbocycles. The van der Waals surface area contributed by atoms with Crippen molar-refractivity contribution in [1.29, 1.82) is 0 Å². The molecule has 0 spiro atoms. The van der Waals surface area contributed by atoms with Gasteiger partial charge in [-0.05, 0) is 61.1 Å². The minimum atomic E-state index is -4.41. The highest BCUT2D eigenvalue weighted by molar-refractivity contribution is 6.36. The van der Waals surface area contributed by atoms with Crippen LogP contribution in [0.4, 0.5) is 13.2 Å². The zero-order valence-corrected chi connectivity index (χ0v) is 20.7. The Kier molecular flexibility index (Phi) is 7.53. The summed E-state index contributed by atoms with van der Waals surface area (Å²) in [6, 6.07) is 10.4. The second kappa shape index (κ2) is 10.3. The van der Waals surface area contributed by atoms with Crippen LogP contribution in [-0.4, -0.2) is 15.6 Å². The third kappa shape index (κ3) is 5.39. The van der Waals surface area contributed by atoms with Gasteiger partial charge in [0, 0.05) is 39.0 Å². The van der Waals surface area contributed by atoms with Gasteiger partial charge < -0.3 is 9.67 Å². The van der Waals surface area contributed by atoms with E-state index in [9.17, 15) is 23.1 Å². The molecule has 8 heteroatoms. The number of benzene rings is 2. The largest absolute Gasteiger partial charge is 0.481 e. The molecule has 4 rings (SSSR count). The number of halogens is 5. The lowest BCUT2D eigenvalue weighted by molar-refractivity contribution is -0.138. The van der Waals surface area contributed by atoms with E-state index in [1.807, 2.05) is 19.2 Å². The first-order valence-electron chi connectivity index (χ1n) is 11.7. The van der Waals surface area contributed by atoms with Crippen LogP contribution in [0.5, 0.6) is 0 Å². The highest BCUT2D eigenvalue weighted by atomic mass is 35.5. The first kappa shape index (κ1) is 25.6. The molecule has 35 heavy (non-hydrogen) atoms. The lowest BCUT2D eigenvalue weighted by Crippen LogP contribution is -2.20. The van der Waals surface area contributed by atoms with Crippen molar-refractivity contribution in [3.63, 3.8) is 0 Å². The number of hydrogen-bond donors (Lipinski definition) is 1. The molecule has 1 N–H and O–H groups in total. The summed E-state index contributed by atoms with van der Waals surface area (Å²) in [5.41, 5.74) is 3.79. The molecule has 0 aliphatic heterocycles. The first-order chi connectivity index (χ1) is 16.6. The molecule has 3 aromatic rings. The quantitative estimate of drug-likeness (QED) is 0.336. The SMILES string of the molecule is CCC[C@H](c1ccc(C(F)(F)F)cc1)n1cc(-c2ccc(Cl)cc2Cl)c2c1[C@H](CC(=O)O)CCC2. The third-order valence-electron chi connectivity index (χ3n) is 6.71. The van der Waals surface area contributed by atoms with E-state index in [4.69, 9.17) is 23.2 Å². The molecule has 2 atom stereocenters. The molecule has 0 radical (unpaired) electrons. The van der Waals surface area contributed by atoms with Crippen LogP contribution in [-0.2, 0) is 17.4 Å². The molecule has 1 aliphatic rings. The standard InChI is InChI=1S/C27H26Cl2F3NO2/c1-2-4-24(16-7-9-18(10-8-16)27(30,31)32)33-15-22(20-12-11-19(28)14-23(20)29)21-6-3-5-17(26(21)33)13-25(34)35/h7-12,14-15,17,24H,2-6,13H2,1H3,(H,34,35)/t17-,24+/m0/s1. The molecule has 0 fully saturated rings. The number of carbonyl (C=O) groups is 1. The number of aliphatic carboxylic acids is 1. The Morgan fingerprint density at radius 1 is 1.14 bits per heavy atom. The molecule has 0 saturated heterocycles. The summed E-state index contributed by atoms with van der Waals surface area (Å²) in [4.78, 5) is 11.7. The summed E-state index contributed by atoms with van der Waals surface area (Å²) in [5.74, 6) is -1.06. The van der Waals surface area contributed by atoms with Crippen LogP contribution >= 0.6 is 23.2 Å². The Morgan fingerprint density at radius 3 is 2.46 bits per heavy atom. The second-order valence-corrected chi connectivity index (χ2v) is 9.89. The van der Waals surface area contributed by atoms with Crippen LogP contribution in [0.25, 0.3) is 11.1 Å². The van der Waals surface area contributed by atoms with Crippen LogP contribution in [0.3, 0.4) is 0 Å². The van der Waals surface area contributed by atoms with E-state index >= 15 is 0 Å². The summed E-state index contributed by atoms with van der Waals surface area (Å²) < 4.78 is 41.6. The van der Waals surface area contributed by atoms with Crippen molar-refractivity contribution in [2.24, 2.45) is 0 Å². The summed E-state index contributed by atoms with van der Waals surface area (Å²) in [5, 5.41) is 10.6. The zero-order chi connectivity index (χ0) is 25.3. The van der Waals surface area contributed by atoms with Crippen LogP contribution in [0.15, 0.2) is 48.7 Å². The molecule has 0 amide bonds. The molecule has 3 nitrogen and oxygen atoms in total. The monoisotopic (exact) mass is 523 g/mol. The maximum absolute atomic E-state index is 13.2. The summed E-state index contributed by atoms with van der Waals surface area (Å²) in [6.07, 6.45) is 1.46. The molecule has 1 heterocycles. The summed E-state index contributed by atoms with van der Waals surface area (Å²) >= 11 is 12.7. The average molecular weight is 524 g/mol. The van der Waals surface area contributed by atoms with Crippen LogP contribution in [0.1, 0.15) is 73.4 Å². The van der Waals surface area contributed by atoms with Gasteiger partial charge >= 0.3 is 12.1 Å². The van der Waals surface area contributed by atoms with Gasteiger partial charge in [0.15, 0.2) is 0 Å². The van der Waals surface area contributed by atoms with Crippen molar-refractivity contribution < 1.29 is 23.1 Å².